The van der Waals surface area contributed by atoms with Crippen LogP contribution < -0.4 is 5.73 Å². The van der Waals surface area contributed by atoms with E-state index in [1.165, 1.54) is 186 Å². The SMILES string of the molecule is CCCC/C=C\CCCCCCCC(=O)OC(COC(=O)CCCCCCCCCCCCCCCCCCCCCCCCCCCCCCCC)COP(=O)(O)OCCN. The van der Waals surface area contributed by atoms with Crippen LogP contribution in [-0.2, 0) is 32.7 Å². The summed E-state index contributed by atoms with van der Waals surface area (Å²) in [6, 6.07) is 0. The van der Waals surface area contributed by atoms with E-state index in [9.17, 15) is 19.0 Å². The van der Waals surface area contributed by atoms with Gasteiger partial charge in [-0.15, -0.1) is 0 Å². The van der Waals surface area contributed by atoms with Crippen molar-refractivity contribution < 1.29 is 37.6 Å². The van der Waals surface area contributed by atoms with Gasteiger partial charge in [0.25, 0.3) is 0 Å². The first kappa shape index (κ1) is 60.8. The molecule has 0 fully saturated rings. The van der Waals surface area contributed by atoms with Crippen molar-refractivity contribution in [2.24, 2.45) is 5.73 Å². The Labute approximate surface area is 383 Å². The van der Waals surface area contributed by atoms with Crippen molar-refractivity contribution in [2.45, 2.75) is 283 Å². The average molecular weight is 900 g/mol. The maximum Gasteiger partial charge on any atom is 0.472 e. The number of phosphoric acid groups is 1. The van der Waals surface area contributed by atoms with Gasteiger partial charge in [-0.2, -0.15) is 0 Å². The molecule has 10 heteroatoms. The molecule has 3 N–H and O–H groups in total. The number of esters is 2. The van der Waals surface area contributed by atoms with Gasteiger partial charge in [-0.1, -0.05) is 244 Å². The number of allylic oxidation sites excluding steroid dienone is 2. The molecule has 0 spiro atoms. The molecule has 368 valence electrons. The van der Waals surface area contributed by atoms with Crippen LogP contribution in [0.1, 0.15) is 277 Å². The fourth-order valence-electron chi connectivity index (χ4n) is 7.91. The molecule has 0 aromatic heterocycles. The molecule has 0 aliphatic carbocycles. The van der Waals surface area contributed by atoms with Crippen LogP contribution >= 0.6 is 7.82 Å². The molecule has 9 nitrogen and oxygen atoms in total. The highest BCUT2D eigenvalue weighted by molar-refractivity contribution is 7.47. The van der Waals surface area contributed by atoms with Gasteiger partial charge in [0.1, 0.15) is 6.61 Å². The van der Waals surface area contributed by atoms with E-state index in [1.54, 1.807) is 0 Å². The van der Waals surface area contributed by atoms with Crippen LogP contribution in [0.2, 0.25) is 0 Å². The summed E-state index contributed by atoms with van der Waals surface area (Å²) < 4.78 is 32.8. The van der Waals surface area contributed by atoms with Gasteiger partial charge in [0.2, 0.25) is 0 Å². The second-order valence-electron chi connectivity index (χ2n) is 18.1. The Bertz CT molecular complexity index is 1030. The lowest BCUT2D eigenvalue weighted by atomic mass is 10.0. The molecule has 0 bridgehead atoms. The quantitative estimate of drug-likeness (QED) is 0.0265. The normalized spacial score (nSPS) is 13.2. The lowest BCUT2D eigenvalue weighted by Crippen LogP contribution is -2.29. The van der Waals surface area contributed by atoms with Crippen molar-refractivity contribution in [3.63, 3.8) is 0 Å². The van der Waals surface area contributed by atoms with Gasteiger partial charge in [0.15, 0.2) is 6.10 Å². The predicted octanol–water partition coefficient (Wildman–Crippen LogP) is 16.1. The van der Waals surface area contributed by atoms with Crippen molar-refractivity contribution in [1.29, 1.82) is 0 Å². The van der Waals surface area contributed by atoms with Crippen LogP contribution in [0.4, 0.5) is 0 Å². The Morgan fingerprint density at radius 1 is 0.468 bits per heavy atom. The zero-order chi connectivity index (χ0) is 45.3. The van der Waals surface area contributed by atoms with Crippen LogP contribution in [0.5, 0.6) is 0 Å². The van der Waals surface area contributed by atoms with E-state index in [0.717, 1.165) is 57.8 Å². The molecule has 0 saturated carbocycles. The zero-order valence-corrected chi connectivity index (χ0v) is 41.8. The Hall–Kier alpha value is -1.25. The van der Waals surface area contributed by atoms with Crippen LogP contribution in [0.15, 0.2) is 12.2 Å². The van der Waals surface area contributed by atoms with Crippen molar-refractivity contribution in [3.05, 3.63) is 12.2 Å². The minimum absolute atomic E-state index is 0.0549. The predicted molar refractivity (Wildman–Crippen MR) is 261 cm³/mol. The van der Waals surface area contributed by atoms with E-state index in [-0.39, 0.29) is 38.6 Å². The molecular weight excluding hydrogens is 798 g/mol. The molecule has 0 aromatic carbocycles. The van der Waals surface area contributed by atoms with Gasteiger partial charge in [-0.25, -0.2) is 4.57 Å². The Morgan fingerprint density at radius 2 is 0.806 bits per heavy atom. The van der Waals surface area contributed by atoms with E-state index >= 15 is 0 Å². The number of hydrogen-bond donors (Lipinski definition) is 2. The van der Waals surface area contributed by atoms with Gasteiger partial charge in [0, 0.05) is 19.4 Å². The number of carbonyl (C=O) groups excluding carboxylic acids is 2. The smallest absolute Gasteiger partial charge is 0.462 e. The van der Waals surface area contributed by atoms with E-state index in [4.69, 9.17) is 24.3 Å². The van der Waals surface area contributed by atoms with Crippen LogP contribution in [0.25, 0.3) is 0 Å². The largest absolute Gasteiger partial charge is 0.472 e. The van der Waals surface area contributed by atoms with Crippen molar-refractivity contribution in [1.82, 2.24) is 0 Å². The minimum Gasteiger partial charge on any atom is -0.462 e. The first-order valence-corrected chi connectivity index (χ1v) is 28.2. The molecule has 0 amide bonds. The Morgan fingerprint density at radius 3 is 1.19 bits per heavy atom. The standard InChI is InChI=1S/C52H102NO8P/c1-3-5-7-9-11-13-15-16-17-18-19-20-21-22-23-24-25-26-27-28-29-30-31-32-33-35-36-38-40-42-44-51(54)58-48-50(49-60-62(56,57)59-47-46-53)61-52(55)45-43-41-39-37-34-14-12-10-8-6-4-2/h10,12,50H,3-9,11,13-49,53H2,1-2H3,(H,56,57)/b12-10-. The second kappa shape index (κ2) is 49.2. The molecule has 0 aromatic rings. The molecule has 0 aliphatic heterocycles. The molecule has 0 heterocycles. The molecule has 2 atom stereocenters. The maximum absolute atomic E-state index is 12.6. The maximum atomic E-state index is 12.6. The monoisotopic (exact) mass is 900 g/mol. The second-order valence-corrected chi connectivity index (χ2v) is 19.6. The van der Waals surface area contributed by atoms with Crippen molar-refractivity contribution in [2.75, 3.05) is 26.4 Å². The fourth-order valence-corrected chi connectivity index (χ4v) is 8.68. The first-order valence-electron chi connectivity index (χ1n) is 26.7. The summed E-state index contributed by atoms with van der Waals surface area (Å²) in [5.41, 5.74) is 5.36. The summed E-state index contributed by atoms with van der Waals surface area (Å²) in [5, 5.41) is 0. The Balaban J connectivity index is 3.80. The van der Waals surface area contributed by atoms with Crippen molar-refractivity contribution in [3.8, 4) is 0 Å². The van der Waals surface area contributed by atoms with Crippen LogP contribution in [-0.4, -0.2) is 49.3 Å². The summed E-state index contributed by atoms with van der Waals surface area (Å²) >= 11 is 0. The van der Waals surface area contributed by atoms with E-state index < -0.39 is 26.5 Å². The van der Waals surface area contributed by atoms with E-state index in [0.29, 0.717) is 6.42 Å². The molecule has 2 unspecified atom stereocenters. The number of phosphoric ester groups is 1. The third-order valence-electron chi connectivity index (χ3n) is 11.9. The number of unbranched alkanes of at least 4 members (excludes halogenated alkanes) is 36. The van der Waals surface area contributed by atoms with E-state index in [2.05, 4.69) is 26.0 Å². The highest BCUT2D eigenvalue weighted by atomic mass is 31.2. The molecule has 62 heavy (non-hydrogen) atoms. The highest BCUT2D eigenvalue weighted by Crippen LogP contribution is 2.43. The minimum atomic E-state index is -4.37. The molecule has 0 radical (unpaired) electrons. The number of hydrogen-bond acceptors (Lipinski definition) is 8. The lowest BCUT2D eigenvalue weighted by Gasteiger charge is -2.19. The van der Waals surface area contributed by atoms with Gasteiger partial charge in [0.05, 0.1) is 13.2 Å². The zero-order valence-electron chi connectivity index (χ0n) is 40.9. The molecule has 0 saturated heterocycles. The third-order valence-corrected chi connectivity index (χ3v) is 12.9. The average Bonchev–Trinajstić information content (AvgIpc) is 3.26. The lowest BCUT2D eigenvalue weighted by molar-refractivity contribution is -0.161. The topological polar surface area (TPSA) is 134 Å². The summed E-state index contributed by atoms with van der Waals surface area (Å²) in [7, 11) is -4.37. The van der Waals surface area contributed by atoms with Gasteiger partial charge < -0.3 is 20.1 Å². The summed E-state index contributed by atoms with van der Waals surface area (Å²) in [6.45, 7) is 3.73. The van der Waals surface area contributed by atoms with Gasteiger partial charge in [-0.3, -0.25) is 18.6 Å². The van der Waals surface area contributed by atoms with Gasteiger partial charge in [-0.05, 0) is 32.1 Å². The van der Waals surface area contributed by atoms with E-state index in [1.807, 2.05) is 0 Å². The fraction of sp³-hybridized carbons (Fsp3) is 0.923. The molecule has 0 aliphatic rings. The molecular formula is C52H102NO8P. The van der Waals surface area contributed by atoms with Crippen LogP contribution in [0.3, 0.4) is 0 Å². The number of nitrogens with two attached hydrogens (primary N) is 1. The molecule has 0 rings (SSSR count). The highest BCUT2D eigenvalue weighted by Gasteiger charge is 2.26. The summed E-state index contributed by atoms with van der Waals surface area (Å²) in [5.74, 6) is -0.826. The van der Waals surface area contributed by atoms with Crippen LogP contribution in [0, 0.1) is 0 Å². The van der Waals surface area contributed by atoms with Crippen molar-refractivity contribution >= 4 is 19.8 Å². The summed E-state index contributed by atoms with van der Waals surface area (Å²) in [4.78, 5) is 34.9. The van der Waals surface area contributed by atoms with Gasteiger partial charge >= 0.3 is 19.8 Å². The summed E-state index contributed by atoms with van der Waals surface area (Å²) in [6.07, 6.45) is 54.3. The Kier molecular flexibility index (Phi) is 48.2. The number of rotatable bonds is 51. The third kappa shape index (κ3) is 48.2. The number of carbonyl (C=O) groups is 2. The number of ether oxygens (including phenoxy) is 2. The first-order chi connectivity index (χ1) is 30.3.